The summed E-state index contributed by atoms with van der Waals surface area (Å²) in [6.07, 6.45) is 6.43. The van der Waals surface area contributed by atoms with E-state index in [9.17, 15) is 9.59 Å². The van der Waals surface area contributed by atoms with Crippen molar-refractivity contribution in [3.05, 3.63) is 46.2 Å². The lowest BCUT2D eigenvalue weighted by atomic mass is 10.0. The molecule has 166 valence electrons. The van der Waals surface area contributed by atoms with Crippen LogP contribution in [0.15, 0.2) is 35.7 Å². The van der Waals surface area contributed by atoms with E-state index in [0.29, 0.717) is 17.9 Å². The van der Waals surface area contributed by atoms with E-state index in [0.717, 1.165) is 49.0 Å². The number of carbonyl (C=O) groups is 2. The molecule has 0 aliphatic heterocycles. The Morgan fingerprint density at radius 1 is 1.10 bits per heavy atom. The molecule has 0 unspecified atom stereocenters. The number of hydrogen-bond acceptors (Lipinski definition) is 5. The van der Waals surface area contributed by atoms with Crippen molar-refractivity contribution in [1.29, 1.82) is 0 Å². The molecule has 2 aromatic rings. The molecule has 2 fully saturated rings. The molecule has 2 aliphatic carbocycles. The first-order valence-electron chi connectivity index (χ1n) is 11.0. The summed E-state index contributed by atoms with van der Waals surface area (Å²) >= 11 is 1.57. The molecule has 2 saturated carbocycles. The molecule has 0 saturated heterocycles. The SMILES string of the molecule is COc1ccc([C@@H](C(=O)NC2CCCC2)N(C(=O)Cc2cccs2)C2CC2)cc1OC. The van der Waals surface area contributed by atoms with Gasteiger partial charge in [-0.1, -0.05) is 25.0 Å². The monoisotopic (exact) mass is 442 g/mol. The molecule has 2 aliphatic rings. The van der Waals surface area contributed by atoms with Crippen molar-refractivity contribution in [3.8, 4) is 11.5 Å². The lowest BCUT2D eigenvalue weighted by Gasteiger charge is -2.32. The first-order valence-corrected chi connectivity index (χ1v) is 11.8. The van der Waals surface area contributed by atoms with Crippen LogP contribution in [0.1, 0.15) is 55.0 Å². The van der Waals surface area contributed by atoms with Crippen molar-refractivity contribution in [2.45, 2.75) is 63.1 Å². The summed E-state index contributed by atoms with van der Waals surface area (Å²) in [6, 6.07) is 9.02. The van der Waals surface area contributed by atoms with Crippen LogP contribution in [0.4, 0.5) is 0 Å². The van der Waals surface area contributed by atoms with Gasteiger partial charge in [0.25, 0.3) is 0 Å². The van der Waals surface area contributed by atoms with Crippen molar-refractivity contribution in [1.82, 2.24) is 10.2 Å². The number of amides is 2. The van der Waals surface area contributed by atoms with Crippen LogP contribution in [-0.4, -0.2) is 43.0 Å². The number of ether oxygens (including phenoxy) is 2. The van der Waals surface area contributed by atoms with Gasteiger partial charge in [0.15, 0.2) is 11.5 Å². The quantitative estimate of drug-likeness (QED) is 0.635. The summed E-state index contributed by atoms with van der Waals surface area (Å²) < 4.78 is 10.9. The average molecular weight is 443 g/mol. The Bertz CT molecular complexity index is 904. The molecule has 0 spiro atoms. The van der Waals surface area contributed by atoms with Gasteiger partial charge in [0.2, 0.25) is 11.8 Å². The zero-order valence-corrected chi connectivity index (χ0v) is 19.0. The molecule has 7 heteroatoms. The highest BCUT2D eigenvalue weighted by Crippen LogP contribution is 2.38. The number of carbonyl (C=O) groups excluding carboxylic acids is 2. The van der Waals surface area contributed by atoms with Gasteiger partial charge in [-0.05, 0) is 54.8 Å². The fourth-order valence-corrected chi connectivity index (χ4v) is 5.07. The Labute approximate surface area is 187 Å². The number of thiophene rings is 1. The number of rotatable bonds is 9. The Kier molecular flexibility index (Phi) is 6.80. The summed E-state index contributed by atoms with van der Waals surface area (Å²) in [5.74, 6) is 1.04. The van der Waals surface area contributed by atoms with Gasteiger partial charge in [0.1, 0.15) is 6.04 Å². The normalized spacial score (nSPS) is 17.2. The predicted molar refractivity (Wildman–Crippen MR) is 121 cm³/mol. The molecule has 2 amide bonds. The maximum atomic E-state index is 13.6. The zero-order chi connectivity index (χ0) is 21.8. The Balaban J connectivity index is 1.67. The van der Waals surface area contributed by atoms with E-state index in [1.807, 2.05) is 34.5 Å². The van der Waals surface area contributed by atoms with Crippen LogP contribution in [-0.2, 0) is 16.0 Å². The zero-order valence-electron chi connectivity index (χ0n) is 18.1. The van der Waals surface area contributed by atoms with Crippen LogP contribution >= 0.6 is 11.3 Å². The van der Waals surface area contributed by atoms with Crippen molar-refractivity contribution in [2.75, 3.05) is 14.2 Å². The second-order valence-corrected chi connectivity index (χ2v) is 9.33. The first kappa shape index (κ1) is 21.7. The standard InChI is InChI=1S/C24H30N2O4S/c1-29-20-12-9-16(14-21(20)30-2)23(24(28)25-17-6-3-4-7-17)26(18-10-11-18)22(27)15-19-8-5-13-31-19/h5,8-9,12-14,17-18,23H,3-4,6-7,10-11,15H2,1-2H3,(H,25,28)/t23-/m0/s1. The van der Waals surface area contributed by atoms with E-state index >= 15 is 0 Å². The Morgan fingerprint density at radius 2 is 1.84 bits per heavy atom. The highest BCUT2D eigenvalue weighted by atomic mass is 32.1. The van der Waals surface area contributed by atoms with Crippen LogP contribution in [0.3, 0.4) is 0 Å². The topological polar surface area (TPSA) is 67.9 Å². The average Bonchev–Trinajstić information content (AvgIpc) is 3.22. The summed E-state index contributed by atoms with van der Waals surface area (Å²) in [5.41, 5.74) is 0.750. The number of nitrogens with zero attached hydrogens (tertiary/aromatic N) is 1. The van der Waals surface area contributed by atoms with Crippen LogP contribution in [0, 0.1) is 0 Å². The molecule has 0 radical (unpaired) electrons. The van der Waals surface area contributed by atoms with Gasteiger partial charge in [-0.2, -0.15) is 0 Å². The second-order valence-electron chi connectivity index (χ2n) is 8.30. The third-order valence-electron chi connectivity index (χ3n) is 6.09. The van der Waals surface area contributed by atoms with Crippen molar-refractivity contribution in [3.63, 3.8) is 0 Å². The van der Waals surface area contributed by atoms with Gasteiger partial charge < -0.3 is 19.7 Å². The molecule has 1 atom stereocenters. The first-order chi connectivity index (χ1) is 15.1. The minimum Gasteiger partial charge on any atom is -0.493 e. The number of benzene rings is 1. The lowest BCUT2D eigenvalue weighted by Crippen LogP contribution is -2.47. The van der Waals surface area contributed by atoms with E-state index in [4.69, 9.17) is 9.47 Å². The molecule has 4 rings (SSSR count). The van der Waals surface area contributed by atoms with E-state index < -0.39 is 6.04 Å². The molecule has 1 heterocycles. The van der Waals surface area contributed by atoms with Gasteiger partial charge in [-0.15, -0.1) is 11.3 Å². The van der Waals surface area contributed by atoms with E-state index in [2.05, 4.69) is 5.32 Å². The lowest BCUT2D eigenvalue weighted by molar-refractivity contribution is -0.141. The van der Waals surface area contributed by atoms with Gasteiger partial charge >= 0.3 is 0 Å². The van der Waals surface area contributed by atoms with E-state index in [1.54, 1.807) is 31.6 Å². The third-order valence-corrected chi connectivity index (χ3v) is 6.96. The molecular formula is C24H30N2O4S. The van der Waals surface area contributed by atoms with Crippen LogP contribution in [0.2, 0.25) is 0 Å². The number of hydrogen-bond donors (Lipinski definition) is 1. The maximum absolute atomic E-state index is 13.6. The van der Waals surface area contributed by atoms with E-state index in [-0.39, 0.29) is 23.9 Å². The highest BCUT2D eigenvalue weighted by molar-refractivity contribution is 7.10. The highest BCUT2D eigenvalue weighted by Gasteiger charge is 2.42. The minimum absolute atomic E-state index is 0.00805. The number of methoxy groups -OCH3 is 2. The molecule has 1 aromatic carbocycles. The third kappa shape index (κ3) is 5.03. The predicted octanol–water partition coefficient (Wildman–Crippen LogP) is 4.10. The van der Waals surface area contributed by atoms with Gasteiger partial charge in [0.05, 0.1) is 20.6 Å². The Hall–Kier alpha value is -2.54. The molecule has 0 bridgehead atoms. The largest absolute Gasteiger partial charge is 0.493 e. The molecule has 1 N–H and O–H groups in total. The fraction of sp³-hybridized carbons (Fsp3) is 0.500. The van der Waals surface area contributed by atoms with Crippen molar-refractivity contribution < 1.29 is 19.1 Å². The molecule has 31 heavy (non-hydrogen) atoms. The number of nitrogens with one attached hydrogen (secondary N) is 1. The molecule has 1 aromatic heterocycles. The van der Waals surface area contributed by atoms with E-state index in [1.165, 1.54) is 0 Å². The van der Waals surface area contributed by atoms with Crippen molar-refractivity contribution in [2.24, 2.45) is 0 Å². The Morgan fingerprint density at radius 3 is 2.45 bits per heavy atom. The van der Waals surface area contributed by atoms with Gasteiger partial charge in [-0.3, -0.25) is 9.59 Å². The van der Waals surface area contributed by atoms with Gasteiger partial charge in [-0.25, -0.2) is 0 Å². The van der Waals surface area contributed by atoms with Crippen LogP contribution in [0.5, 0.6) is 11.5 Å². The van der Waals surface area contributed by atoms with Crippen LogP contribution in [0.25, 0.3) is 0 Å². The smallest absolute Gasteiger partial charge is 0.247 e. The summed E-state index contributed by atoms with van der Waals surface area (Å²) in [7, 11) is 3.17. The molecular weight excluding hydrogens is 412 g/mol. The van der Waals surface area contributed by atoms with Crippen LogP contribution < -0.4 is 14.8 Å². The van der Waals surface area contributed by atoms with Crippen molar-refractivity contribution >= 4 is 23.2 Å². The summed E-state index contributed by atoms with van der Waals surface area (Å²) in [4.78, 5) is 29.8. The summed E-state index contributed by atoms with van der Waals surface area (Å²) in [5, 5.41) is 5.19. The molecule has 6 nitrogen and oxygen atoms in total. The fourth-order valence-electron chi connectivity index (χ4n) is 4.38. The summed E-state index contributed by atoms with van der Waals surface area (Å²) in [6.45, 7) is 0. The second kappa shape index (κ2) is 9.73. The maximum Gasteiger partial charge on any atom is 0.247 e. The minimum atomic E-state index is -0.680. The van der Waals surface area contributed by atoms with Gasteiger partial charge in [0, 0.05) is 17.0 Å².